The van der Waals surface area contributed by atoms with Crippen molar-refractivity contribution in [2.24, 2.45) is 0 Å². The molecule has 0 fully saturated rings. The molecule has 4 rings (SSSR count). The number of para-hydroxylation sites is 2. The van der Waals surface area contributed by atoms with Crippen molar-refractivity contribution >= 4 is 45.1 Å². The lowest BCUT2D eigenvalue weighted by Gasteiger charge is -2.26. The number of aromatic nitrogens is 1. The molecule has 1 unspecified atom stereocenters. The molecule has 4 aromatic rings. The second-order valence-corrected chi connectivity index (χ2v) is 8.11. The number of benzene rings is 3. The van der Waals surface area contributed by atoms with Crippen LogP contribution in [0, 0.1) is 0 Å². The average molecular weight is 452 g/mol. The van der Waals surface area contributed by atoms with Gasteiger partial charge in [-0.1, -0.05) is 48.0 Å². The number of amides is 2. The molecule has 6 nitrogen and oxygen atoms in total. The normalized spacial score (nSPS) is 12.2. The maximum absolute atomic E-state index is 12.9. The number of hydrogen-bond acceptors (Lipinski definition) is 3. The van der Waals surface area contributed by atoms with Gasteiger partial charge in [-0.15, -0.1) is 0 Å². The zero-order valence-electron chi connectivity index (χ0n) is 17.9. The van der Waals surface area contributed by atoms with Crippen molar-refractivity contribution in [3.8, 4) is 0 Å². The molecule has 0 saturated carbocycles. The summed E-state index contributed by atoms with van der Waals surface area (Å²) in [6, 6.07) is 22.9. The lowest BCUT2D eigenvalue weighted by atomic mass is 10.2. The highest BCUT2D eigenvalue weighted by atomic mass is 35.5. The molecule has 1 atom stereocenters. The number of urea groups is 1. The second kappa shape index (κ2) is 10.0. The van der Waals surface area contributed by atoms with E-state index in [-0.39, 0.29) is 12.6 Å². The van der Waals surface area contributed by atoms with Crippen molar-refractivity contribution in [1.82, 2.24) is 9.47 Å². The number of methoxy groups -OCH3 is 1. The number of carbonyl (C=O) groups excluding carboxylic acids is 1. The smallest absolute Gasteiger partial charge is 0.322 e. The minimum Gasteiger partial charge on any atom is -0.389 e. The van der Waals surface area contributed by atoms with Gasteiger partial charge in [0.15, 0.2) is 0 Å². The Labute approximate surface area is 192 Å². The van der Waals surface area contributed by atoms with Gasteiger partial charge in [-0.3, -0.25) is 0 Å². The first-order valence-electron chi connectivity index (χ1n) is 10.5. The maximum atomic E-state index is 12.9. The van der Waals surface area contributed by atoms with E-state index in [9.17, 15) is 9.90 Å². The van der Waals surface area contributed by atoms with Crippen LogP contribution in [0.4, 0.5) is 10.5 Å². The number of halogens is 1. The van der Waals surface area contributed by atoms with Crippen LogP contribution in [0.3, 0.4) is 0 Å². The summed E-state index contributed by atoms with van der Waals surface area (Å²) in [5.74, 6) is 0. The number of aliphatic hydroxyl groups is 1. The van der Waals surface area contributed by atoms with Crippen LogP contribution in [0.15, 0.2) is 72.8 Å². The SMILES string of the molecule is COCCN(CC(O)Cn1c2ccccc2c2ccccc21)C(=O)Nc1ccc(Cl)cc1. The fraction of sp³-hybridized carbons (Fsp3) is 0.240. The third-order valence-electron chi connectivity index (χ3n) is 5.45. The van der Waals surface area contributed by atoms with Crippen molar-refractivity contribution < 1.29 is 14.6 Å². The third kappa shape index (κ3) is 4.88. The van der Waals surface area contributed by atoms with Gasteiger partial charge in [0.2, 0.25) is 0 Å². The number of nitrogens with zero attached hydrogens (tertiary/aromatic N) is 2. The zero-order valence-corrected chi connectivity index (χ0v) is 18.6. The van der Waals surface area contributed by atoms with E-state index in [1.54, 1.807) is 36.3 Å². The van der Waals surface area contributed by atoms with E-state index < -0.39 is 6.10 Å². The molecule has 2 amide bonds. The zero-order chi connectivity index (χ0) is 22.5. The monoisotopic (exact) mass is 451 g/mol. The van der Waals surface area contributed by atoms with Crippen molar-refractivity contribution in [2.45, 2.75) is 12.6 Å². The number of nitrogens with one attached hydrogen (secondary N) is 1. The maximum Gasteiger partial charge on any atom is 0.322 e. The van der Waals surface area contributed by atoms with Gasteiger partial charge in [-0.25, -0.2) is 4.79 Å². The summed E-state index contributed by atoms with van der Waals surface area (Å²) < 4.78 is 7.28. The molecule has 0 spiro atoms. The quantitative estimate of drug-likeness (QED) is 0.396. The van der Waals surface area contributed by atoms with Crippen molar-refractivity contribution in [1.29, 1.82) is 0 Å². The molecule has 0 aliphatic heterocycles. The van der Waals surface area contributed by atoms with Gasteiger partial charge in [0.05, 0.1) is 25.8 Å². The van der Waals surface area contributed by atoms with Crippen LogP contribution >= 0.6 is 11.6 Å². The lowest BCUT2D eigenvalue weighted by molar-refractivity contribution is 0.0963. The summed E-state index contributed by atoms with van der Waals surface area (Å²) in [5, 5.41) is 16.7. The first-order chi connectivity index (χ1) is 15.6. The number of carbonyl (C=O) groups is 1. The molecule has 1 aromatic heterocycles. The molecule has 0 bridgehead atoms. The summed E-state index contributed by atoms with van der Waals surface area (Å²) in [4.78, 5) is 14.4. The van der Waals surface area contributed by atoms with Crippen LogP contribution < -0.4 is 5.32 Å². The molecule has 2 N–H and O–H groups in total. The minimum atomic E-state index is -0.762. The fourth-order valence-electron chi connectivity index (χ4n) is 3.94. The minimum absolute atomic E-state index is 0.170. The molecule has 0 radical (unpaired) electrons. The van der Waals surface area contributed by atoms with Crippen LogP contribution in [0.25, 0.3) is 21.8 Å². The Morgan fingerprint density at radius 2 is 1.62 bits per heavy atom. The highest BCUT2D eigenvalue weighted by molar-refractivity contribution is 6.30. The highest BCUT2D eigenvalue weighted by Crippen LogP contribution is 2.29. The number of rotatable bonds is 8. The predicted molar refractivity (Wildman–Crippen MR) is 129 cm³/mol. The first-order valence-corrected chi connectivity index (χ1v) is 10.9. The van der Waals surface area contributed by atoms with Crippen LogP contribution in [0.1, 0.15) is 0 Å². The van der Waals surface area contributed by atoms with Gasteiger partial charge in [0.1, 0.15) is 0 Å². The first kappa shape index (κ1) is 22.1. The number of anilines is 1. The number of fused-ring (bicyclic) bond motifs is 3. The summed E-state index contributed by atoms with van der Waals surface area (Å²) in [7, 11) is 1.59. The van der Waals surface area contributed by atoms with E-state index in [0.717, 1.165) is 21.8 Å². The number of aliphatic hydroxyl groups excluding tert-OH is 1. The molecule has 3 aromatic carbocycles. The van der Waals surface area contributed by atoms with Crippen LogP contribution in [0.5, 0.6) is 0 Å². The van der Waals surface area contributed by atoms with Crippen LogP contribution in [-0.2, 0) is 11.3 Å². The van der Waals surface area contributed by atoms with E-state index in [0.29, 0.717) is 30.4 Å². The van der Waals surface area contributed by atoms with Gasteiger partial charge in [0, 0.05) is 46.2 Å². The number of hydrogen-bond donors (Lipinski definition) is 2. The Balaban J connectivity index is 1.53. The van der Waals surface area contributed by atoms with E-state index in [2.05, 4.69) is 34.1 Å². The molecule has 0 saturated heterocycles. The van der Waals surface area contributed by atoms with E-state index in [4.69, 9.17) is 16.3 Å². The van der Waals surface area contributed by atoms with Gasteiger partial charge in [-0.05, 0) is 36.4 Å². The standard InChI is InChI=1S/C25H26ClN3O3/c1-32-15-14-28(25(31)27-19-12-10-18(26)11-13-19)16-20(30)17-29-23-8-4-2-6-21(23)22-7-3-5-9-24(22)29/h2-13,20,30H,14-17H2,1H3,(H,27,31). The topological polar surface area (TPSA) is 66.7 Å². The van der Waals surface area contributed by atoms with E-state index >= 15 is 0 Å². The van der Waals surface area contributed by atoms with Crippen LogP contribution in [-0.4, -0.2) is 53.5 Å². The lowest BCUT2D eigenvalue weighted by Crippen LogP contribution is -2.43. The Bertz CT molecular complexity index is 1150. The van der Waals surface area contributed by atoms with Crippen molar-refractivity contribution in [2.75, 3.05) is 32.1 Å². The molecule has 166 valence electrons. The fourth-order valence-corrected chi connectivity index (χ4v) is 4.06. The largest absolute Gasteiger partial charge is 0.389 e. The predicted octanol–water partition coefficient (Wildman–Crippen LogP) is 4.99. The molecule has 1 heterocycles. The Hall–Kier alpha value is -3.06. The summed E-state index contributed by atoms with van der Waals surface area (Å²) in [5.41, 5.74) is 2.75. The molecule has 32 heavy (non-hydrogen) atoms. The van der Waals surface area contributed by atoms with Gasteiger partial charge in [-0.2, -0.15) is 0 Å². The highest BCUT2D eigenvalue weighted by Gasteiger charge is 2.20. The summed E-state index contributed by atoms with van der Waals surface area (Å²) in [6.07, 6.45) is -0.762. The third-order valence-corrected chi connectivity index (χ3v) is 5.70. The van der Waals surface area contributed by atoms with E-state index in [1.165, 1.54) is 0 Å². The van der Waals surface area contributed by atoms with Crippen LogP contribution in [0.2, 0.25) is 5.02 Å². The Morgan fingerprint density at radius 3 is 2.22 bits per heavy atom. The van der Waals surface area contributed by atoms with E-state index in [1.807, 2.05) is 24.3 Å². The Kier molecular flexibility index (Phi) is 6.95. The van der Waals surface area contributed by atoms with Gasteiger partial charge in [0.25, 0.3) is 0 Å². The average Bonchev–Trinajstić information content (AvgIpc) is 3.12. The van der Waals surface area contributed by atoms with Crippen molar-refractivity contribution in [3.05, 3.63) is 77.8 Å². The summed E-state index contributed by atoms with van der Waals surface area (Å²) >= 11 is 5.92. The second-order valence-electron chi connectivity index (χ2n) is 7.67. The molecular formula is C25H26ClN3O3. The molecule has 0 aliphatic carbocycles. The number of ether oxygens (including phenoxy) is 1. The molecule has 0 aliphatic rings. The molecular weight excluding hydrogens is 426 g/mol. The Morgan fingerprint density at radius 1 is 1.03 bits per heavy atom. The van der Waals surface area contributed by atoms with Crippen molar-refractivity contribution in [3.63, 3.8) is 0 Å². The van der Waals surface area contributed by atoms with Gasteiger partial charge >= 0.3 is 6.03 Å². The molecule has 7 heteroatoms. The van der Waals surface area contributed by atoms with Gasteiger partial charge < -0.3 is 24.6 Å². The summed E-state index contributed by atoms with van der Waals surface area (Å²) in [6.45, 7) is 1.27.